The zero-order chi connectivity index (χ0) is 58.6. The molecule has 0 aromatic carbocycles. The van der Waals surface area contributed by atoms with Crippen LogP contribution in [-0.4, -0.2) is 231 Å². The zero-order valence-electron chi connectivity index (χ0n) is 48.0. The van der Waals surface area contributed by atoms with Crippen molar-refractivity contribution >= 4 is 16.4 Å². The van der Waals surface area contributed by atoms with E-state index in [0.29, 0.717) is 18.8 Å². The topological polar surface area (TPSA) is 378 Å². The minimum atomic E-state index is -5.42. The SMILES string of the molecule is CO[C@H]1[C@H](O)[C@@H](O[C@H]2[C@H](O)[C@@H](O[C@@H]3[C@@H](O)[C@H](O)[C@@H](O[C@H]4[C@H](O[C@H]5CC[C@]6(C)C7=C[C@@H](O)C89C(=O)O[C@@](C)(CCCC(C)C)C8CC[C@@]9(C)C7CC[C@H]6C5(C)C)OC[C@@H](OS(=O)(=O)[O-])[C@@H]4O)O[C@H]3C)O[C@@H](CO)[C@@H]2O)O[C@@H](CO)[C@@H]1O.[Na+]. The third kappa shape index (κ3) is 11.5. The molecule has 8 fully saturated rings. The molecule has 5 heterocycles. The van der Waals surface area contributed by atoms with Crippen molar-refractivity contribution in [1.29, 1.82) is 0 Å². The van der Waals surface area contributed by atoms with Crippen LogP contribution in [0.1, 0.15) is 113 Å². The molecule has 10 N–H and O–H groups in total. The molecule has 1 spiro atoms. The molecule has 5 aliphatic heterocycles. The van der Waals surface area contributed by atoms with Crippen LogP contribution < -0.4 is 29.6 Å². The summed E-state index contributed by atoms with van der Waals surface area (Å²) in [5, 5.41) is 112. The van der Waals surface area contributed by atoms with Crippen molar-refractivity contribution in [3.63, 3.8) is 0 Å². The van der Waals surface area contributed by atoms with E-state index >= 15 is 0 Å². The average Bonchev–Trinajstić information content (AvgIpc) is 2.10. The second-order valence-electron chi connectivity index (χ2n) is 25.9. The van der Waals surface area contributed by atoms with Gasteiger partial charge in [0.15, 0.2) is 25.2 Å². The number of cyclic esters (lactones) is 1. The summed E-state index contributed by atoms with van der Waals surface area (Å²) in [6.07, 6.45) is -25.2. The largest absolute Gasteiger partial charge is 1.00 e. The van der Waals surface area contributed by atoms with Gasteiger partial charge in [0.25, 0.3) is 0 Å². The summed E-state index contributed by atoms with van der Waals surface area (Å²) in [6.45, 7) is 14.1. The Morgan fingerprint density at radius 3 is 1.90 bits per heavy atom. The van der Waals surface area contributed by atoms with Crippen molar-refractivity contribution < 1.29 is 150 Å². The van der Waals surface area contributed by atoms with Gasteiger partial charge in [-0.25, -0.2) is 8.42 Å². The van der Waals surface area contributed by atoms with Gasteiger partial charge in [-0.15, -0.1) is 0 Å². The summed E-state index contributed by atoms with van der Waals surface area (Å²) in [7, 11) is -4.24. The van der Waals surface area contributed by atoms with Gasteiger partial charge in [0.05, 0.1) is 38.1 Å². The van der Waals surface area contributed by atoms with Gasteiger partial charge in [-0.2, -0.15) is 0 Å². The first-order valence-electron chi connectivity index (χ1n) is 28.4. The Morgan fingerprint density at radius 2 is 1.30 bits per heavy atom. The molecule has 0 amide bonds. The molecule has 0 bridgehead atoms. The molecular formula is C54H87NaO25S. The second kappa shape index (κ2) is 24.7. The number of fused-ring (bicyclic) bond motifs is 4. The molecule has 25 nitrogen and oxygen atoms in total. The smallest absolute Gasteiger partial charge is 0.726 e. The summed E-state index contributed by atoms with van der Waals surface area (Å²) in [6, 6.07) is 0. The molecule has 0 radical (unpaired) electrons. The summed E-state index contributed by atoms with van der Waals surface area (Å²) in [5.41, 5.74) is -2.29. The minimum Gasteiger partial charge on any atom is -0.726 e. The molecule has 0 aromatic heterocycles. The Bertz CT molecular complexity index is 2340. The Morgan fingerprint density at radius 1 is 0.704 bits per heavy atom. The van der Waals surface area contributed by atoms with Crippen molar-refractivity contribution in [3.8, 4) is 0 Å². The number of hydrogen-bond donors (Lipinski definition) is 10. The summed E-state index contributed by atoms with van der Waals surface area (Å²) >= 11 is 0. The number of methoxy groups -OCH3 is 1. The van der Waals surface area contributed by atoms with E-state index in [4.69, 9.17) is 47.4 Å². The standard InChI is InChI=1S/C54H88O25S.Na/c1-23(2)11-10-16-53(8)31-14-18-52(7)25-12-13-30-50(4,5)33(15-17-51(30,6)26(25)19-32(57)54(31,52)49(65)78-53)74-48-44(36(60)29(22-70-48)79-80(66,67)68)77-45-38(62)37(61)41(24(3)71-45)75-47-40(64)43(35(59)28(21-56)73-47)76-46-39(63)42(69-9)34(58)27(20-55)72-46;/h19,23-25,27-48,55-64H,10-18,20-22H2,1-9H3,(H,66,67,68);/q;+1/p-1/t24-,25?,27-,28-,29+,30-,31?,32+,33-,34-,35-,36-,37-,38-,39-,40-,41-,42+,43+,44+,45+,46+,47+,48-,51+,52-,53-,54?;/m0./s1. The number of allylic oxidation sites excluding steroid dienone is 1. The van der Waals surface area contributed by atoms with Crippen LogP contribution in [0.5, 0.6) is 0 Å². The Kier molecular flexibility index (Phi) is 20.2. The monoisotopic (exact) mass is 1190 g/mol. The van der Waals surface area contributed by atoms with E-state index in [9.17, 15) is 68.8 Å². The predicted octanol–water partition coefficient (Wildman–Crippen LogP) is -3.85. The number of esters is 1. The fourth-order valence-electron chi connectivity index (χ4n) is 16.4. The molecular weight excluding hydrogens is 1100 g/mol. The van der Waals surface area contributed by atoms with Crippen molar-refractivity contribution in [2.24, 2.45) is 45.3 Å². The molecule has 28 atom stereocenters. The normalized spacial score (nSPS) is 50.6. The number of hydrogen-bond acceptors (Lipinski definition) is 25. The van der Waals surface area contributed by atoms with E-state index < -0.39 is 186 Å². The first-order valence-corrected chi connectivity index (χ1v) is 29.8. The predicted molar refractivity (Wildman–Crippen MR) is 270 cm³/mol. The third-order valence-electron chi connectivity index (χ3n) is 20.6. The van der Waals surface area contributed by atoms with Crippen molar-refractivity contribution in [2.45, 2.75) is 248 Å². The molecule has 81 heavy (non-hydrogen) atoms. The fourth-order valence-corrected chi connectivity index (χ4v) is 16.9. The van der Waals surface area contributed by atoms with Gasteiger partial charge in [0.1, 0.15) is 96.5 Å². The molecule has 0 aromatic rings. The van der Waals surface area contributed by atoms with E-state index in [-0.39, 0.29) is 53.3 Å². The summed E-state index contributed by atoms with van der Waals surface area (Å²) in [5.74, 6) is 0.0200. The molecule has 27 heteroatoms. The Balaban J connectivity index is 0.00000860. The van der Waals surface area contributed by atoms with Crippen LogP contribution in [-0.2, 0) is 66.7 Å². The van der Waals surface area contributed by atoms with Crippen LogP contribution in [0.2, 0.25) is 0 Å². The molecule has 9 aliphatic rings. The number of ether oxygens (including phenoxy) is 10. The van der Waals surface area contributed by atoms with Crippen LogP contribution in [0.4, 0.5) is 0 Å². The molecule has 3 unspecified atom stereocenters. The van der Waals surface area contributed by atoms with Gasteiger partial charge < -0.3 is 103 Å². The fraction of sp³-hybridized carbons (Fsp3) is 0.944. The average molecular weight is 1190 g/mol. The number of carbonyl (C=O) groups excluding carboxylic acids is 1. The number of aliphatic hydroxyl groups is 10. The third-order valence-corrected chi connectivity index (χ3v) is 21.1. The van der Waals surface area contributed by atoms with Gasteiger partial charge >= 0.3 is 35.5 Å². The molecule has 4 aliphatic carbocycles. The van der Waals surface area contributed by atoms with E-state index in [1.807, 2.05) is 13.0 Å². The van der Waals surface area contributed by atoms with Crippen LogP contribution in [0.25, 0.3) is 0 Å². The van der Waals surface area contributed by atoms with Gasteiger partial charge in [-0.1, -0.05) is 59.6 Å². The van der Waals surface area contributed by atoms with Crippen molar-refractivity contribution in [2.75, 3.05) is 26.9 Å². The molecule has 460 valence electrons. The van der Waals surface area contributed by atoms with Crippen molar-refractivity contribution in [3.05, 3.63) is 11.6 Å². The minimum absolute atomic E-state index is 0. The summed E-state index contributed by atoms with van der Waals surface area (Å²) < 4.78 is 99.9. The summed E-state index contributed by atoms with van der Waals surface area (Å²) in [4.78, 5) is 14.4. The second-order valence-corrected chi connectivity index (χ2v) is 26.9. The quantitative estimate of drug-likeness (QED) is 0.0166. The Labute approximate surface area is 495 Å². The number of aliphatic hydroxyl groups excluding tert-OH is 10. The maximum atomic E-state index is 14.4. The van der Waals surface area contributed by atoms with Crippen LogP contribution >= 0.6 is 0 Å². The maximum Gasteiger partial charge on any atom is 1.00 e. The number of carbonyl (C=O) groups is 1. The van der Waals surface area contributed by atoms with Gasteiger partial charge in [-0.05, 0) is 99.2 Å². The van der Waals surface area contributed by atoms with E-state index in [2.05, 4.69) is 45.7 Å². The van der Waals surface area contributed by atoms with Crippen LogP contribution in [0, 0.1) is 45.3 Å². The van der Waals surface area contributed by atoms with E-state index in [1.165, 1.54) is 14.0 Å². The molecule has 5 saturated heterocycles. The van der Waals surface area contributed by atoms with E-state index in [1.54, 1.807) is 0 Å². The van der Waals surface area contributed by atoms with Crippen LogP contribution in [0.15, 0.2) is 11.6 Å². The first kappa shape index (κ1) is 66.3. The first-order chi connectivity index (χ1) is 37.4. The van der Waals surface area contributed by atoms with Crippen LogP contribution in [0.3, 0.4) is 0 Å². The van der Waals surface area contributed by atoms with E-state index in [0.717, 1.165) is 50.5 Å². The van der Waals surface area contributed by atoms with Crippen molar-refractivity contribution in [1.82, 2.24) is 0 Å². The Hall–Kier alpha value is -0.680. The zero-order valence-corrected chi connectivity index (χ0v) is 50.8. The maximum absolute atomic E-state index is 14.4. The van der Waals surface area contributed by atoms with Gasteiger partial charge in [-0.3, -0.25) is 8.98 Å². The van der Waals surface area contributed by atoms with Gasteiger partial charge in [0.2, 0.25) is 10.4 Å². The molecule has 9 rings (SSSR count). The number of rotatable bonds is 17. The van der Waals surface area contributed by atoms with Gasteiger partial charge in [0, 0.05) is 13.0 Å². The molecule has 3 saturated carbocycles.